The number of rotatable bonds is 7. The van der Waals surface area contributed by atoms with Gasteiger partial charge in [-0.2, -0.15) is 0 Å². The highest BCUT2D eigenvalue weighted by Gasteiger charge is 2.41. The number of aromatic nitrogens is 2. The Balaban J connectivity index is 1.28. The molecule has 5 rings (SSSR count). The van der Waals surface area contributed by atoms with Gasteiger partial charge < -0.3 is 19.7 Å². The zero-order valence-electron chi connectivity index (χ0n) is 20.8. The number of hydrogen-bond donors (Lipinski definition) is 2. The quantitative estimate of drug-likeness (QED) is 0.418. The summed E-state index contributed by atoms with van der Waals surface area (Å²) >= 11 is 0. The molecule has 1 aromatic carbocycles. The van der Waals surface area contributed by atoms with Gasteiger partial charge in [-0.3, -0.25) is 9.78 Å². The molecular weight excluding hydrogens is 480 g/mol. The molecule has 0 radical (unpaired) electrons. The van der Waals surface area contributed by atoms with Crippen molar-refractivity contribution in [1.82, 2.24) is 14.5 Å². The van der Waals surface area contributed by atoms with Crippen molar-refractivity contribution < 1.29 is 23.8 Å². The first-order valence-corrected chi connectivity index (χ1v) is 13.2. The van der Waals surface area contributed by atoms with Gasteiger partial charge in [0.25, 0.3) is 5.92 Å². The van der Waals surface area contributed by atoms with E-state index in [9.17, 15) is 28.6 Å². The molecule has 1 aliphatic carbocycles. The Hall–Kier alpha value is -3.07. The molecule has 1 saturated carbocycles. The van der Waals surface area contributed by atoms with Gasteiger partial charge in [-0.25, -0.2) is 13.6 Å². The summed E-state index contributed by atoms with van der Waals surface area (Å²) in [6.07, 6.45) is 8.23. The number of piperidine rings is 1. The van der Waals surface area contributed by atoms with Crippen LogP contribution in [0.3, 0.4) is 0 Å². The van der Waals surface area contributed by atoms with Crippen LogP contribution in [0.2, 0.25) is 0 Å². The lowest BCUT2D eigenvalue weighted by Crippen LogP contribution is -2.38. The number of aryl methyl sites for hydroxylation is 1. The number of benzene rings is 1. The van der Waals surface area contributed by atoms with Crippen LogP contribution in [0.4, 0.5) is 8.78 Å². The van der Waals surface area contributed by atoms with Crippen LogP contribution in [0.5, 0.6) is 5.75 Å². The molecule has 7 nitrogen and oxygen atoms in total. The Morgan fingerprint density at radius 1 is 1.08 bits per heavy atom. The standard InChI is InChI=1S/C28H33F2N3O4/c29-28(30)10-2-1-3-19(28)9-13-32-11-6-18(7-12-32)8-14-33-17-23(27(36)37)26(35)22-16-31-24-5-4-20(34)15-21(24)25(22)33/h4-5,15-19,34H,1-3,6-14H2,(H,36,37). The monoisotopic (exact) mass is 513 g/mol. The van der Waals surface area contributed by atoms with Crippen molar-refractivity contribution in [3.05, 3.63) is 46.4 Å². The Kier molecular flexibility index (Phi) is 7.16. The largest absolute Gasteiger partial charge is 0.508 e. The molecule has 3 aromatic rings. The molecule has 2 N–H and O–H groups in total. The normalized spacial score (nSPS) is 21.0. The third kappa shape index (κ3) is 5.32. The maximum absolute atomic E-state index is 14.2. The number of phenols is 1. The van der Waals surface area contributed by atoms with Crippen molar-refractivity contribution in [3.63, 3.8) is 0 Å². The van der Waals surface area contributed by atoms with Gasteiger partial charge in [0.15, 0.2) is 0 Å². The molecular formula is C28H33F2N3O4. The number of likely N-dealkylation sites (tertiary alicyclic amines) is 1. The second-order valence-corrected chi connectivity index (χ2v) is 10.7. The zero-order valence-corrected chi connectivity index (χ0v) is 20.8. The van der Waals surface area contributed by atoms with Gasteiger partial charge in [0.1, 0.15) is 11.3 Å². The Bertz CT molecular complexity index is 1370. The van der Waals surface area contributed by atoms with E-state index in [4.69, 9.17) is 0 Å². The molecule has 2 fully saturated rings. The maximum atomic E-state index is 14.2. The lowest BCUT2D eigenvalue weighted by atomic mass is 9.83. The van der Waals surface area contributed by atoms with Crippen molar-refractivity contribution in [2.75, 3.05) is 19.6 Å². The van der Waals surface area contributed by atoms with Crippen molar-refractivity contribution >= 4 is 27.8 Å². The zero-order chi connectivity index (χ0) is 26.2. The van der Waals surface area contributed by atoms with E-state index < -0.39 is 23.2 Å². The van der Waals surface area contributed by atoms with Gasteiger partial charge in [0.05, 0.1) is 16.4 Å². The summed E-state index contributed by atoms with van der Waals surface area (Å²) in [5.41, 5.74) is 0.289. The van der Waals surface area contributed by atoms with Crippen LogP contribution in [0.1, 0.15) is 61.7 Å². The first-order chi connectivity index (χ1) is 17.7. The van der Waals surface area contributed by atoms with Gasteiger partial charge in [-0.15, -0.1) is 0 Å². The molecule has 0 bridgehead atoms. The average molecular weight is 514 g/mol. The first-order valence-electron chi connectivity index (χ1n) is 13.2. The fourth-order valence-corrected chi connectivity index (χ4v) is 6.08. The predicted molar refractivity (Wildman–Crippen MR) is 137 cm³/mol. The Morgan fingerprint density at radius 3 is 2.59 bits per heavy atom. The molecule has 37 heavy (non-hydrogen) atoms. The summed E-state index contributed by atoms with van der Waals surface area (Å²) in [6, 6.07) is 4.75. The molecule has 198 valence electrons. The van der Waals surface area contributed by atoms with Gasteiger partial charge in [0.2, 0.25) is 5.43 Å². The highest BCUT2D eigenvalue weighted by molar-refractivity contribution is 6.05. The average Bonchev–Trinajstić information content (AvgIpc) is 2.87. The number of alkyl halides is 2. The van der Waals surface area contributed by atoms with Crippen molar-refractivity contribution in [2.45, 2.75) is 63.8 Å². The number of carboxylic acids is 1. The van der Waals surface area contributed by atoms with Crippen LogP contribution in [-0.4, -0.2) is 56.2 Å². The van der Waals surface area contributed by atoms with E-state index in [0.29, 0.717) is 54.7 Å². The molecule has 0 amide bonds. The summed E-state index contributed by atoms with van der Waals surface area (Å²) in [5.74, 6) is -3.85. The van der Waals surface area contributed by atoms with Gasteiger partial charge in [0, 0.05) is 36.7 Å². The summed E-state index contributed by atoms with van der Waals surface area (Å²) in [4.78, 5) is 31.2. The molecule has 3 heterocycles. The fraction of sp³-hybridized carbons (Fsp3) is 0.536. The van der Waals surface area contributed by atoms with E-state index >= 15 is 0 Å². The van der Waals surface area contributed by atoms with Gasteiger partial charge in [-0.05, 0) is 82.3 Å². The SMILES string of the molecule is O=C(O)c1cn(CCC2CCN(CCC3CCCCC3(F)F)CC2)c2c(cnc3ccc(O)cc32)c1=O. The van der Waals surface area contributed by atoms with Crippen LogP contribution in [0, 0.1) is 11.8 Å². The summed E-state index contributed by atoms with van der Waals surface area (Å²) in [5, 5.41) is 20.5. The van der Waals surface area contributed by atoms with E-state index in [1.165, 1.54) is 18.5 Å². The smallest absolute Gasteiger partial charge is 0.341 e. The van der Waals surface area contributed by atoms with Crippen LogP contribution < -0.4 is 5.43 Å². The Morgan fingerprint density at radius 2 is 1.86 bits per heavy atom. The lowest BCUT2D eigenvalue weighted by Gasteiger charge is -2.36. The number of pyridine rings is 2. The Labute approximate surface area is 213 Å². The molecule has 2 aromatic heterocycles. The topological polar surface area (TPSA) is 95.7 Å². The van der Waals surface area contributed by atoms with Crippen LogP contribution in [-0.2, 0) is 6.54 Å². The molecule has 1 unspecified atom stereocenters. The fourth-order valence-electron chi connectivity index (χ4n) is 6.08. The highest BCUT2D eigenvalue weighted by Crippen LogP contribution is 2.40. The van der Waals surface area contributed by atoms with E-state index in [0.717, 1.165) is 38.8 Å². The number of nitrogens with zero attached hydrogens (tertiary/aromatic N) is 3. The summed E-state index contributed by atoms with van der Waals surface area (Å²) < 4.78 is 30.2. The minimum Gasteiger partial charge on any atom is -0.508 e. The van der Waals surface area contributed by atoms with E-state index in [1.807, 2.05) is 0 Å². The van der Waals surface area contributed by atoms with Crippen LogP contribution >= 0.6 is 0 Å². The molecule has 9 heteroatoms. The van der Waals surface area contributed by atoms with Gasteiger partial charge in [-0.1, -0.05) is 6.42 Å². The van der Waals surface area contributed by atoms with Crippen molar-refractivity contribution in [3.8, 4) is 5.75 Å². The summed E-state index contributed by atoms with van der Waals surface area (Å²) in [7, 11) is 0. The van der Waals surface area contributed by atoms with E-state index in [2.05, 4.69) is 9.88 Å². The number of fused-ring (bicyclic) bond motifs is 3. The maximum Gasteiger partial charge on any atom is 0.341 e. The summed E-state index contributed by atoms with van der Waals surface area (Å²) in [6.45, 7) is 2.97. The lowest BCUT2D eigenvalue weighted by molar-refractivity contribution is -0.0905. The predicted octanol–water partition coefficient (Wildman–Crippen LogP) is 5.27. The number of aromatic carboxylic acids is 1. The number of halogens is 2. The third-order valence-corrected chi connectivity index (χ3v) is 8.30. The molecule has 2 aliphatic rings. The van der Waals surface area contributed by atoms with Crippen molar-refractivity contribution in [2.24, 2.45) is 11.8 Å². The van der Waals surface area contributed by atoms with E-state index in [1.54, 1.807) is 16.7 Å². The molecule has 1 atom stereocenters. The van der Waals surface area contributed by atoms with Crippen LogP contribution in [0.15, 0.2) is 35.4 Å². The molecule has 1 aliphatic heterocycles. The second kappa shape index (κ2) is 10.4. The number of hydrogen-bond acceptors (Lipinski definition) is 5. The van der Waals surface area contributed by atoms with Crippen molar-refractivity contribution in [1.29, 1.82) is 0 Å². The number of carboxylic acid groups (broad SMARTS) is 1. The number of phenolic OH excluding ortho intramolecular Hbond substituents is 1. The second-order valence-electron chi connectivity index (χ2n) is 10.7. The number of carbonyl (C=O) groups is 1. The number of aromatic hydroxyl groups is 1. The third-order valence-electron chi connectivity index (χ3n) is 8.30. The van der Waals surface area contributed by atoms with Gasteiger partial charge >= 0.3 is 5.97 Å². The highest BCUT2D eigenvalue weighted by atomic mass is 19.3. The van der Waals surface area contributed by atoms with Crippen LogP contribution in [0.25, 0.3) is 21.8 Å². The van der Waals surface area contributed by atoms with E-state index in [-0.39, 0.29) is 23.1 Å². The molecule has 1 saturated heterocycles. The first kappa shape index (κ1) is 25.6. The minimum absolute atomic E-state index is 0.0218. The molecule has 0 spiro atoms. The minimum atomic E-state index is -2.53.